The number of carbonyl (C=O) groups excluding carboxylic acids is 1. The molecule has 0 heterocycles. The summed E-state index contributed by atoms with van der Waals surface area (Å²) in [6, 6.07) is 24.4. The summed E-state index contributed by atoms with van der Waals surface area (Å²) in [6.07, 6.45) is 1.86. The van der Waals surface area contributed by atoms with E-state index in [9.17, 15) is 4.79 Å². The zero-order valence-corrected chi connectivity index (χ0v) is 15.0. The lowest BCUT2D eigenvalue weighted by Crippen LogP contribution is -2.14. The van der Waals surface area contributed by atoms with Crippen molar-refractivity contribution in [2.24, 2.45) is 0 Å². The minimum Gasteiger partial charge on any atom is -0.495 e. The molecule has 0 fully saturated rings. The smallest absolute Gasteiger partial charge is 0.256 e. The maximum Gasteiger partial charge on any atom is 0.256 e. The highest BCUT2D eigenvalue weighted by Gasteiger charge is 2.15. The normalized spacial score (nSPS) is 11.1. The van der Waals surface area contributed by atoms with Gasteiger partial charge in [0.1, 0.15) is 5.75 Å². The fourth-order valence-corrected chi connectivity index (χ4v) is 2.75. The molecule has 3 rings (SSSR count). The van der Waals surface area contributed by atoms with Crippen LogP contribution in [0.3, 0.4) is 0 Å². The number of rotatable bonds is 5. The summed E-state index contributed by atoms with van der Waals surface area (Å²) in [5.74, 6) is 0.315. The van der Waals surface area contributed by atoms with Crippen molar-refractivity contribution in [1.82, 2.24) is 0 Å². The molecule has 0 aliphatic carbocycles. The van der Waals surface area contributed by atoms with Crippen LogP contribution >= 0.6 is 11.6 Å². The Morgan fingerprint density at radius 2 is 1.62 bits per heavy atom. The maximum atomic E-state index is 13.0. The molecular weight excluding hydrogens is 346 g/mol. The quantitative estimate of drug-likeness (QED) is 0.478. The standard InChI is InChI=1S/C22H18ClNO2/c1-26-21-13-12-18(23)15-20(21)24-22(25)19(17-10-6-3-7-11-17)14-16-8-4-2-5-9-16/h2-15H,1H3,(H,24,25). The van der Waals surface area contributed by atoms with Gasteiger partial charge in [0.15, 0.2) is 0 Å². The number of anilines is 1. The molecule has 0 radical (unpaired) electrons. The molecular formula is C22H18ClNO2. The third kappa shape index (κ3) is 4.32. The van der Waals surface area contributed by atoms with E-state index in [1.807, 2.05) is 66.7 Å². The highest BCUT2D eigenvalue weighted by Crippen LogP contribution is 2.29. The molecule has 0 aromatic heterocycles. The Balaban J connectivity index is 1.99. The lowest BCUT2D eigenvalue weighted by molar-refractivity contribution is -0.111. The molecule has 3 aromatic carbocycles. The summed E-state index contributed by atoms with van der Waals surface area (Å²) in [5.41, 5.74) is 2.85. The molecule has 130 valence electrons. The van der Waals surface area contributed by atoms with Gasteiger partial charge >= 0.3 is 0 Å². The number of hydrogen-bond donors (Lipinski definition) is 1. The number of halogens is 1. The van der Waals surface area contributed by atoms with Crippen molar-refractivity contribution in [1.29, 1.82) is 0 Å². The molecule has 0 aliphatic heterocycles. The van der Waals surface area contributed by atoms with Gasteiger partial charge in [-0.05, 0) is 35.4 Å². The predicted molar refractivity (Wildman–Crippen MR) is 107 cm³/mol. The molecule has 26 heavy (non-hydrogen) atoms. The monoisotopic (exact) mass is 363 g/mol. The third-order valence-corrected chi connectivity index (χ3v) is 4.08. The number of nitrogens with one attached hydrogen (secondary N) is 1. The molecule has 0 saturated carbocycles. The average Bonchev–Trinajstić information content (AvgIpc) is 2.68. The van der Waals surface area contributed by atoms with Gasteiger partial charge in [-0.3, -0.25) is 4.79 Å². The van der Waals surface area contributed by atoms with Gasteiger partial charge in [-0.15, -0.1) is 0 Å². The van der Waals surface area contributed by atoms with E-state index in [1.54, 1.807) is 25.3 Å². The molecule has 0 aliphatic rings. The lowest BCUT2D eigenvalue weighted by Gasteiger charge is -2.13. The van der Waals surface area contributed by atoms with E-state index in [-0.39, 0.29) is 5.91 Å². The predicted octanol–water partition coefficient (Wildman–Crippen LogP) is 5.53. The zero-order valence-electron chi connectivity index (χ0n) is 14.3. The van der Waals surface area contributed by atoms with E-state index in [1.165, 1.54) is 0 Å². The Kier molecular flexibility index (Phi) is 5.72. The Hall–Kier alpha value is -3.04. The molecule has 0 atom stereocenters. The van der Waals surface area contributed by atoms with E-state index in [0.29, 0.717) is 22.0 Å². The Morgan fingerprint density at radius 3 is 2.27 bits per heavy atom. The van der Waals surface area contributed by atoms with Crippen LogP contribution in [0.4, 0.5) is 5.69 Å². The molecule has 3 nitrogen and oxygen atoms in total. The van der Waals surface area contributed by atoms with Crippen molar-refractivity contribution in [2.75, 3.05) is 12.4 Å². The fourth-order valence-electron chi connectivity index (χ4n) is 2.58. The van der Waals surface area contributed by atoms with E-state index in [2.05, 4.69) is 5.32 Å². The number of hydrogen-bond acceptors (Lipinski definition) is 2. The van der Waals surface area contributed by atoms with Crippen molar-refractivity contribution in [3.05, 3.63) is 95.0 Å². The van der Waals surface area contributed by atoms with Crippen LogP contribution < -0.4 is 10.1 Å². The van der Waals surface area contributed by atoms with Gasteiger partial charge in [0.2, 0.25) is 0 Å². The SMILES string of the molecule is COc1ccc(Cl)cc1NC(=O)C(=Cc1ccccc1)c1ccccc1. The Morgan fingerprint density at radius 1 is 0.962 bits per heavy atom. The first-order valence-corrected chi connectivity index (χ1v) is 8.52. The molecule has 1 amide bonds. The average molecular weight is 364 g/mol. The van der Waals surface area contributed by atoms with E-state index in [0.717, 1.165) is 11.1 Å². The van der Waals surface area contributed by atoms with Crippen LogP contribution in [0.2, 0.25) is 5.02 Å². The molecule has 0 spiro atoms. The first kappa shape index (κ1) is 17.8. The molecule has 0 bridgehead atoms. The second-order valence-corrected chi connectivity index (χ2v) is 6.07. The molecule has 1 N–H and O–H groups in total. The van der Waals surface area contributed by atoms with Crippen molar-refractivity contribution in [3.63, 3.8) is 0 Å². The first-order valence-electron chi connectivity index (χ1n) is 8.14. The Labute approximate surface area is 157 Å². The van der Waals surface area contributed by atoms with Crippen LogP contribution in [-0.2, 0) is 4.79 Å². The topological polar surface area (TPSA) is 38.3 Å². The highest BCUT2D eigenvalue weighted by atomic mass is 35.5. The number of benzene rings is 3. The van der Waals surface area contributed by atoms with Crippen molar-refractivity contribution in [2.45, 2.75) is 0 Å². The third-order valence-electron chi connectivity index (χ3n) is 3.85. The first-order chi connectivity index (χ1) is 12.7. The van der Waals surface area contributed by atoms with Gasteiger partial charge in [0, 0.05) is 10.6 Å². The Bertz CT molecular complexity index is 921. The van der Waals surface area contributed by atoms with Crippen LogP contribution in [0.5, 0.6) is 5.75 Å². The van der Waals surface area contributed by atoms with Gasteiger partial charge in [-0.2, -0.15) is 0 Å². The summed E-state index contributed by atoms with van der Waals surface area (Å²) in [5, 5.41) is 3.43. The van der Waals surface area contributed by atoms with Gasteiger partial charge in [0.05, 0.1) is 12.8 Å². The second-order valence-electron chi connectivity index (χ2n) is 5.63. The highest BCUT2D eigenvalue weighted by molar-refractivity contribution is 6.32. The maximum absolute atomic E-state index is 13.0. The molecule has 0 unspecified atom stereocenters. The van der Waals surface area contributed by atoms with E-state index >= 15 is 0 Å². The van der Waals surface area contributed by atoms with Gasteiger partial charge in [-0.1, -0.05) is 72.3 Å². The van der Waals surface area contributed by atoms with Crippen LogP contribution in [0, 0.1) is 0 Å². The number of amides is 1. The van der Waals surface area contributed by atoms with Gasteiger partial charge < -0.3 is 10.1 Å². The summed E-state index contributed by atoms with van der Waals surface area (Å²) >= 11 is 6.06. The summed E-state index contributed by atoms with van der Waals surface area (Å²) < 4.78 is 5.31. The van der Waals surface area contributed by atoms with E-state index in [4.69, 9.17) is 16.3 Å². The van der Waals surface area contributed by atoms with Gasteiger partial charge in [-0.25, -0.2) is 0 Å². The minimum absolute atomic E-state index is 0.236. The largest absolute Gasteiger partial charge is 0.495 e. The van der Waals surface area contributed by atoms with Crippen LogP contribution in [0.25, 0.3) is 11.6 Å². The van der Waals surface area contributed by atoms with Crippen LogP contribution in [-0.4, -0.2) is 13.0 Å². The van der Waals surface area contributed by atoms with Crippen LogP contribution in [0.1, 0.15) is 11.1 Å². The molecule has 3 aromatic rings. The lowest BCUT2D eigenvalue weighted by atomic mass is 10.0. The number of ether oxygens (including phenoxy) is 1. The van der Waals surface area contributed by atoms with Crippen molar-refractivity contribution < 1.29 is 9.53 Å². The second kappa shape index (κ2) is 8.37. The van der Waals surface area contributed by atoms with Crippen molar-refractivity contribution in [3.8, 4) is 5.75 Å². The molecule has 0 saturated heterocycles. The minimum atomic E-state index is -0.236. The van der Waals surface area contributed by atoms with Crippen molar-refractivity contribution >= 4 is 34.8 Å². The van der Waals surface area contributed by atoms with Gasteiger partial charge in [0.25, 0.3) is 5.91 Å². The fraction of sp³-hybridized carbons (Fsp3) is 0.0455. The molecule has 4 heteroatoms. The zero-order chi connectivity index (χ0) is 18.4. The summed E-state index contributed by atoms with van der Waals surface area (Å²) in [4.78, 5) is 13.0. The van der Waals surface area contributed by atoms with Crippen LogP contribution in [0.15, 0.2) is 78.9 Å². The number of carbonyl (C=O) groups is 1. The summed E-state index contributed by atoms with van der Waals surface area (Å²) in [7, 11) is 1.55. The number of methoxy groups -OCH3 is 1. The van der Waals surface area contributed by atoms with E-state index < -0.39 is 0 Å². The summed E-state index contributed by atoms with van der Waals surface area (Å²) in [6.45, 7) is 0.